The smallest absolute Gasteiger partial charge is 0.407 e. The van der Waals surface area contributed by atoms with Crippen LogP contribution in [0.1, 0.15) is 5.69 Å². The zero-order valence-electron chi connectivity index (χ0n) is 8.71. The van der Waals surface area contributed by atoms with E-state index in [4.69, 9.17) is 5.11 Å². The summed E-state index contributed by atoms with van der Waals surface area (Å²) in [6, 6.07) is 4.13. The molecule has 0 bridgehead atoms. The minimum Gasteiger partial charge on any atom is -0.480 e. The molecule has 0 saturated carbocycles. The van der Waals surface area contributed by atoms with E-state index in [1.165, 1.54) is 7.11 Å². The van der Waals surface area contributed by atoms with Crippen LogP contribution in [0, 0.1) is 0 Å². The van der Waals surface area contributed by atoms with Crippen molar-refractivity contribution in [2.24, 2.45) is 0 Å². The number of carboxylic acid groups (broad SMARTS) is 1. The van der Waals surface area contributed by atoms with Crippen molar-refractivity contribution in [3.8, 4) is 0 Å². The maximum atomic E-state index is 10.9. The van der Waals surface area contributed by atoms with Gasteiger partial charge in [0.1, 0.15) is 6.04 Å². The fourth-order valence-electron chi connectivity index (χ4n) is 1.13. The molecular formula is C10H12N2O4. The van der Waals surface area contributed by atoms with E-state index in [1.54, 1.807) is 24.4 Å². The van der Waals surface area contributed by atoms with Crippen molar-refractivity contribution in [3.63, 3.8) is 0 Å². The third kappa shape index (κ3) is 3.56. The number of aliphatic carboxylic acids is 1. The van der Waals surface area contributed by atoms with E-state index in [0.29, 0.717) is 5.69 Å². The molecule has 0 fully saturated rings. The Hall–Kier alpha value is -2.11. The van der Waals surface area contributed by atoms with Crippen LogP contribution in [0.5, 0.6) is 0 Å². The molecule has 1 unspecified atom stereocenters. The Labute approximate surface area is 92.3 Å². The SMILES string of the molecule is COC(=O)NC(Cc1ccccn1)C(=O)O. The van der Waals surface area contributed by atoms with Gasteiger partial charge in [-0.25, -0.2) is 9.59 Å². The van der Waals surface area contributed by atoms with E-state index in [9.17, 15) is 9.59 Å². The van der Waals surface area contributed by atoms with Crippen LogP contribution in [0.2, 0.25) is 0 Å². The fourth-order valence-corrected chi connectivity index (χ4v) is 1.13. The lowest BCUT2D eigenvalue weighted by Gasteiger charge is -2.12. The molecule has 1 amide bonds. The first-order chi connectivity index (χ1) is 7.63. The lowest BCUT2D eigenvalue weighted by Crippen LogP contribution is -2.42. The zero-order valence-corrected chi connectivity index (χ0v) is 8.71. The number of carbonyl (C=O) groups excluding carboxylic acids is 1. The van der Waals surface area contributed by atoms with Gasteiger partial charge in [-0.05, 0) is 12.1 Å². The molecule has 0 aromatic carbocycles. The lowest BCUT2D eigenvalue weighted by atomic mass is 10.1. The van der Waals surface area contributed by atoms with Crippen LogP contribution in [0.25, 0.3) is 0 Å². The number of rotatable bonds is 4. The Morgan fingerprint density at radius 3 is 2.81 bits per heavy atom. The number of hydrogen-bond acceptors (Lipinski definition) is 4. The molecular weight excluding hydrogens is 212 g/mol. The molecule has 1 rings (SSSR count). The third-order valence-electron chi connectivity index (χ3n) is 1.91. The van der Waals surface area contributed by atoms with Crippen LogP contribution in [0.15, 0.2) is 24.4 Å². The number of nitrogens with zero attached hydrogens (tertiary/aromatic N) is 1. The molecule has 16 heavy (non-hydrogen) atoms. The summed E-state index contributed by atoms with van der Waals surface area (Å²) in [5.74, 6) is -1.13. The van der Waals surface area contributed by atoms with E-state index >= 15 is 0 Å². The Morgan fingerprint density at radius 1 is 1.56 bits per heavy atom. The number of carbonyl (C=O) groups is 2. The fraction of sp³-hybridized carbons (Fsp3) is 0.300. The number of alkyl carbamates (subject to hydrolysis) is 1. The zero-order chi connectivity index (χ0) is 12.0. The molecule has 86 valence electrons. The van der Waals surface area contributed by atoms with Crippen molar-refractivity contribution in [3.05, 3.63) is 30.1 Å². The van der Waals surface area contributed by atoms with Gasteiger partial charge in [0.25, 0.3) is 0 Å². The molecule has 0 aliphatic rings. The second-order valence-electron chi connectivity index (χ2n) is 3.05. The number of carboxylic acids is 1. The number of aromatic nitrogens is 1. The number of methoxy groups -OCH3 is 1. The van der Waals surface area contributed by atoms with Gasteiger partial charge in [-0.2, -0.15) is 0 Å². The third-order valence-corrected chi connectivity index (χ3v) is 1.91. The number of amides is 1. The first-order valence-corrected chi connectivity index (χ1v) is 4.60. The summed E-state index contributed by atoms with van der Waals surface area (Å²) < 4.78 is 4.33. The summed E-state index contributed by atoms with van der Waals surface area (Å²) in [4.78, 5) is 25.7. The van der Waals surface area contributed by atoms with E-state index in [1.807, 2.05) is 0 Å². The summed E-state index contributed by atoms with van der Waals surface area (Å²) in [7, 11) is 1.18. The van der Waals surface area contributed by atoms with Gasteiger partial charge in [-0.1, -0.05) is 6.07 Å². The molecule has 0 spiro atoms. The highest BCUT2D eigenvalue weighted by atomic mass is 16.5. The van der Waals surface area contributed by atoms with Gasteiger partial charge in [0.2, 0.25) is 0 Å². The predicted molar refractivity (Wildman–Crippen MR) is 54.9 cm³/mol. The van der Waals surface area contributed by atoms with Gasteiger partial charge in [0.15, 0.2) is 0 Å². The molecule has 0 saturated heterocycles. The number of nitrogens with one attached hydrogen (secondary N) is 1. The molecule has 1 atom stereocenters. The molecule has 1 aromatic heterocycles. The van der Waals surface area contributed by atoms with E-state index < -0.39 is 18.1 Å². The quantitative estimate of drug-likeness (QED) is 0.774. The van der Waals surface area contributed by atoms with Crippen molar-refractivity contribution < 1.29 is 19.4 Å². The van der Waals surface area contributed by atoms with Crippen molar-refractivity contribution in [1.29, 1.82) is 0 Å². The molecule has 6 nitrogen and oxygen atoms in total. The minimum absolute atomic E-state index is 0.116. The Kier molecular flexibility index (Phi) is 4.26. The van der Waals surface area contributed by atoms with E-state index in [-0.39, 0.29) is 6.42 Å². The van der Waals surface area contributed by atoms with Gasteiger partial charge in [0.05, 0.1) is 7.11 Å². The Balaban J connectivity index is 2.65. The first kappa shape index (κ1) is 12.0. The molecule has 2 N–H and O–H groups in total. The summed E-state index contributed by atoms with van der Waals surface area (Å²) in [6.45, 7) is 0. The standard InChI is InChI=1S/C10H12N2O4/c1-16-10(15)12-8(9(13)14)6-7-4-2-3-5-11-7/h2-5,8H,6H2,1H3,(H,12,15)(H,13,14). The van der Waals surface area contributed by atoms with E-state index in [0.717, 1.165) is 0 Å². The van der Waals surface area contributed by atoms with Gasteiger partial charge in [-0.15, -0.1) is 0 Å². The second-order valence-corrected chi connectivity index (χ2v) is 3.05. The second kappa shape index (κ2) is 5.69. The topological polar surface area (TPSA) is 88.5 Å². The van der Waals surface area contributed by atoms with Crippen LogP contribution in [-0.2, 0) is 16.0 Å². The largest absolute Gasteiger partial charge is 0.480 e. The van der Waals surface area contributed by atoms with Crippen molar-refractivity contribution in [1.82, 2.24) is 10.3 Å². The lowest BCUT2D eigenvalue weighted by molar-refractivity contribution is -0.139. The highest BCUT2D eigenvalue weighted by Gasteiger charge is 2.20. The molecule has 6 heteroatoms. The van der Waals surface area contributed by atoms with Crippen LogP contribution in [0.3, 0.4) is 0 Å². The summed E-state index contributed by atoms with van der Waals surface area (Å²) in [5, 5.41) is 11.1. The van der Waals surface area contributed by atoms with Gasteiger partial charge in [-0.3, -0.25) is 4.98 Å². The highest BCUT2D eigenvalue weighted by Crippen LogP contribution is 2.00. The maximum absolute atomic E-state index is 10.9. The number of hydrogen-bond donors (Lipinski definition) is 2. The summed E-state index contributed by atoms with van der Waals surface area (Å²) in [5.41, 5.74) is 0.589. The molecule has 1 aromatic rings. The Morgan fingerprint density at radius 2 is 2.31 bits per heavy atom. The molecule has 0 aliphatic carbocycles. The van der Waals surface area contributed by atoms with Crippen molar-refractivity contribution >= 4 is 12.1 Å². The predicted octanol–water partition coefficient (Wildman–Crippen LogP) is 0.433. The monoisotopic (exact) mass is 224 g/mol. The molecule has 0 radical (unpaired) electrons. The number of ether oxygens (including phenoxy) is 1. The average molecular weight is 224 g/mol. The van der Waals surface area contributed by atoms with Crippen molar-refractivity contribution in [2.45, 2.75) is 12.5 Å². The Bertz CT molecular complexity index is 366. The molecule has 1 heterocycles. The van der Waals surface area contributed by atoms with Crippen LogP contribution in [0.4, 0.5) is 4.79 Å². The van der Waals surface area contributed by atoms with Crippen molar-refractivity contribution in [2.75, 3.05) is 7.11 Å². The van der Waals surface area contributed by atoms with E-state index in [2.05, 4.69) is 15.0 Å². The van der Waals surface area contributed by atoms with Gasteiger partial charge in [0, 0.05) is 18.3 Å². The highest BCUT2D eigenvalue weighted by molar-refractivity contribution is 5.80. The average Bonchev–Trinajstić information content (AvgIpc) is 2.29. The number of pyridine rings is 1. The van der Waals surface area contributed by atoms with Crippen LogP contribution < -0.4 is 5.32 Å². The summed E-state index contributed by atoms with van der Waals surface area (Å²) >= 11 is 0. The first-order valence-electron chi connectivity index (χ1n) is 4.60. The molecule has 0 aliphatic heterocycles. The summed E-state index contributed by atoms with van der Waals surface area (Å²) in [6.07, 6.45) is 0.904. The van der Waals surface area contributed by atoms with Gasteiger partial charge >= 0.3 is 12.1 Å². The van der Waals surface area contributed by atoms with Gasteiger partial charge < -0.3 is 15.2 Å². The minimum atomic E-state index is -1.13. The normalized spacial score (nSPS) is 11.6. The maximum Gasteiger partial charge on any atom is 0.407 e. The van der Waals surface area contributed by atoms with Crippen LogP contribution in [-0.4, -0.2) is 35.3 Å². The van der Waals surface area contributed by atoms with Crippen LogP contribution >= 0.6 is 0 Å².